The second kappa shape index (κ2) is 7.01. The fourth-order valence-electron chi connectivity index (χ4n) is 1.57. The Morgan fingerprint density at radius 1 is 1.40 bits per heavy atom. The van der Waals surface area contributed by atoms with E-state index in [1.54, 1.807) is 0 Å². The van der Waals surface area contributed by atoms with E-state index in [1.165, 1.54) is 6.07 Å². The fourth-order valence-corrected chi connectivity index (χ4v) is 2.67. The minimum Gasteiger partial charge on any atom is -0.396 e. The third-order valence-corrected chi connectivity index (χ3v) is 4.60. The zero-order valence-electron chi connectivity index (χ0n) is 12.1. The van der Waals surface area contributed by atoms with Crippen LogP contribution in [0.4, 0.5) is 10.1 Å². The second-order valence-electron chi connectivity index (χ2n) is 5.01. The summed E-state index contributed by atoms with van der Waals surface area (Å²) < 4.78 is 39.4. The van der Waals surface area contributed by atoms with Crippen molar-refractivity contribution in [3.63, 3.8) is 0 Å². The van der Waals surface area contributed by atoms with E-state index in [-0.39, 0.29) is 10.6 Å². The van der Waals surface area contributed by atoms with Crippen molar-refractivity contribution in [3.8, 4) is 0 Å². The van der Waals surface area contributed by atoms with Gasteiger partial charge in [0.05, 0.1) is 10.6 Å². The highest BCUT2D eigenvalue weighted by molar-refractivity contribution is 7.89. The van der Waals surface area contributed by atoms with Gasteiger partial charge in [-0.15, -0.1) is 0 Å². The largest absolute Gasteiger partial charge is 0.396 e. The molecule has 1 aromatic carbocycles. The molecule has 7 heteroatoms. The quantitative estimate of drug-likeness (QED) is 0.590. The number of anilines is 1. The Labute approximate surface area is 120 Å². The molecule has 1 rings (SSSR count). The lowest BCUT2D eigenvalue weighted by Crippen LogP contribution is -2.31. The van der Waals surface area contributed by atoms with E-state index in [2.05, 4.69) is 23.5 Å². The highest BCUT2D eigenvalue weighted by atomic mass is 32.2. The van der Waals surface area contributed by atoms with E-state index >= 15 is 0 Å². The molecule has 1 aromatic rings. The average molecular weight is 303 g/mol. The van der Waals surface area contributed by atoms with Gasteiger partial charge in [0.1, 0.15) is 5.82 Å². The van der Waals surface area contributed by atoms with E-state index < -0.39 is 15.8 Å². The van der Waals surface area contributed by atoms with E-state index in [0.29, 0.717) is 19.0 Å². The van der Waals surface area contributed by atoms with Crippen molar-refractivity contribution in [2.45, 2.75) is 31.2 Å². The topological polar surface area (TPSA) is 75.4 Å². The highest BCUT2D eigenvalue weighted by Gasteiger charge is 2.15. The number of halogens is 1. The molecule has 0 amide bonds. The third-order valence-electron chi connectivity index (χ3n) is 3.14. The van der Waals surface area contributed by atoms with Gasteiger partial charge < -0.3 is 10.6 Å². The number of hydrogen-bond donors (Lipinski definition) is 2. The molecular weight excluding hydrogens is 281 g/mol. The number of nitrogens with zero attached hydrogens (tertiary/aromatic N) is 1. The van der Waals surface area contributed by atoms with Crippen LogP contribution in [-0.4, -0.2) is 39.5 Å². The van der Waals surface area contributed by atoms with Crippen LogP contribution in [0.2, 0.25) is 0 Å². The maximum absolute atomic E-state index is 13.0. The SMILES string of the molecule is CC(C)N(C)CCCNS(=O)(=O)c1ccc(F)c(N)c1. The molecule has 0 aliphatic carbocycles. The molecule has 3 N–H and O–H groups in total. The summed E-state index contributed by atoms with van der Waals surface area (Å²) >= 11 is 0. The molecule has 0 aliphatic rings. The van der Waals surface area contributed by atoms with Crippen molar-refractivity contribution in [2.75, 3.05) is 25.9 Å². The molecule has 0 saturated carbocycles. The molecule has 0 aromatic heterocycles. The molecular formula is C13H22FN3O2S. The summed E-state index contributed by atoms with van der Waals surface area (Å²) in [5, 5.41) is 0. The summed E-state index contributed by atoms with van der Waals surface area (Å²) in [5.41, 5.74) is 5.20. The van der Waals surface area contributed by atoms with E-state index in [1.807, 2.05) is 7.05 Å². The summed E-state index contributed by atoms with van der Waals surface area (Å²) in [6.45, 7) is 5.28. The Balaban J connectivity index is 2.56. The van der Waals surface area contributed by atoms with Gasteiger partial charge in [0.15, 0.2) is 0 Å². The Kier molecular flexibility index (Phi) is 5.91. The molecule has 0 saturated heterocycles. The standard InChI is InChI=1S/C13H22FN3O2S/c1-10(2)17(3)8-4-7-16-20(18,19)11-5-6-12(14)13(15)9-11/h5-6,9-10,16H,4,7-8,15H2,1-3H3. The van der Waals surface area contributed by atoms with Crippen molar-refractivity contribution in [3.05, 3.63) is 24.0 Å². The molecule has 0 bridgehead atoms. The Morgan fingerprint density at radius 3 is 2.60 bits per heavy atom. The fraction of sp³-hybridized carbons (Fsp3) is 0.538. The van der Waals surface area contributed by atoms with Gasteiger partial charge in [-0.05, 0) is 52.1 Å². The summed E-state index contributed by atoms with van der Waals surface area (Å²) in [6, 6.07) is 3.80. The molecule has 20 heavy (non-hydrogen) atoms. The first kappa shape index (κ1) is 16.9. The van der Waals surface area contributed by atoms with Crippen molar-refractivity contribution in [1.29, 1.82) is 0 Å². The summed E-state index contributed by atoms with van der Waals surface area (Å²) in [5.74, 6) is -0.623. The maximum Gasteiger partial charge on any atom is 0.240 e. The average Bonchev–Trinajstić information content (AvgIpc) is 2.37. The van der Waals surface area contributed by atoms with Gasteiger partial charge in [0.2, 0.25) is 10.0 Å². The molecule has 0 heterocycles. The van der Waals surface area contributed by atoms with Crippen LogP contribution in [-0.2, 0) is 10.0 Å². The van der Waals surface area contributed by atoms with Crippen molar-refractivity contribution in [2.24, 2.45) is 0 Å². The zero-order valence-corrected chi connectivity index (χ0v) is 12.9. The molecule has 0 spiro atoms. The number of sulfonamides is 1. The van der Waals surface area contributed by atoms with Crippen molar-refractivity contribution < 1.29 is 12.8 Å². The van der Waals surface area contributed by atoms with E-state index in [9.17, 15) is 12.8 Å². The summed E-state index contributed by atoms with van der Waals surface area (Å²) in [4.78, 5) is 2.11. The van der Waals surface area contributed by atoms with Gasteiger partial charge in [-0.1, -0.05) is 0 Å². The van der Waals surface area contributed by atoms with Crippen LogP contribution in [0, 0.1) is 5.82 Å². The lowest BCUT2D eigenvalue weighted by atomic mass is 10.3. The van der Waals surface area contributed by atoms with Crippen LogP contribution in [0.15, 0.2) is 23.1 Å². The van der Waals surface area contributed by atoms with Crippen LogP contribution < -0.4 is 10.5 Å². The van der Waals surface area contributed by atoms with Gasteiger partial charge in [-0.25, -0.2) is 17.5 Å². The maximum atomic E-state index is 13.0. The first-order chi connectivity index (χ1) is 9.24. The number of rotatable bonds is 7. The molecule has 5 nitrogen and oxygen atoms in total. The lowest BCUT2D eigenvalue weighted by Gasteiger charge is -2.20. The Hall–Kier alpha value is -1.18. The summed E-state index contributed by atoms with van der Waals surface area (Å²) in [6.07, 6.45) is 0.699. The molecule has 0 aliphatic heterocycles. The highest BCUT2D eigenvalue weighted by Crippen LogP contribution is 2.16. The molecule has 0 fully saturated rings. The predicted octanol–water partition coefficient (Wildman–Crippen LogP) is 1.42. The first-order valence-corrected chi connectivity index (χ1v) is 7.97. The van der Waals surface area contributed by atoms with Gasteiger partial charge in [-0.2, -0.15) is 0 Å². The minimum absolute atomic E-state index is 0.0198. The second-order valence-corrected chi connectivity index (χ2v) is 6.78. The van der Waals surface area contributed by atoms with Crippen molar-refractivity contribution in [1.82, 2.24) is 9.62 Å². The number of nitrogens with two attached hydrogens (primary N) is 1. The molecule has 0 radical (unpaired) electrons. The van der Waals surface area contributed by atoms with Gasteiger partial charge in [-0.3, -0.25) is 0 Å². The Morgan fingerprint density at radius 2 is 2.05 bits per heavy atom. The monoisotopic (exact) mass is 303 g/mol. The number of nitrogen functional groups attached to an aromatic ring is 1. The summed E-state index contributed by atoms with van der Waals surface area (Å²) in [7, 11) is -1.65. The minimum atomic E-state index is -3.63. The van der Waals surface area contributed by atoms with Gasteiger partial charge in [0.25, 0.3) is 0 Å². The van der Waals surface area contributed by atoms with Gasteiger partial charge >= 0.3 is 0 Å². The van der Waals surface area contributed by atoms with Crippen LogP contribution >= 0.6 is 0 Å². The predicted molar refractivity (Wildman–Crippen MR) is 78.4 cm³/mol. The van der Waals surface area contributed by atoms with Crippen LogP contribution in [0.3, 0.4) is 0 Å². The first-order valence-electron chi connectivity index (χ1n) is 6.49. The normalized spacial score (nSPS) is 12.3. The van der Waals surface area contributed by atoms with E-state index in [0.717, 1.165) is 18.7 Å². The number of nitrogens with one attached hydrogen (secondary N) is 1. The van der Waals surface area contributed by atoms with Crippen LogP contribution in [0.1, 0.15) is 20.3 Å². The smallest absolute Gasteiger partial charge is 0.240 e. The third kappa shape index (κ3) is 4.73. The van der Waals surface area contributed by atoms with Crippen LogP contribution in [0.25, 0.3) is 0 Å². The van der Waals surface area contributed by atoms with Gasteiger partial charge in [0, 0.05) is 12.6 Å². The van der Waals surface area contributed by atoms with Crippen molar-refractivity contribution >= 4 is 15.7 Å². The molecule has 0 unspecified atom stereocenters. The lowest BCUT2D eigenvalue weighted by molar-refractivity contribution is 0.271. The number of benzene rings is 1. The van der Waals surface area contributed by atoms with Crippen LogP contribution in [0.5, 0.6) is 0 Å². The molecule has 114 valence electrons. The van der Waals surface area contributed by atoms with E-state index in [4.69, 9.17) is 5.73 Å². The number of hydrogen-bond acceptors (Lipinski definition) is 4. The zero-order chi connectivity index (χ0) is 15.3. The Bertz CT molecular complexity index is 547. The molecule has 0 atom stereocenters.